The maximum absolute atomic E-state index is 2.45. The highest BCUT2D eigenvalue weighted by molar-refractivity contribution is 4.84. The van der Waals surface area contributed by atoms with E-state index in [1.807, 2.05) is 0 Å². The molecule has 0 saturated heterocycles. The molecule has 0 aromatic rings. The van der Waals surface area contributed by atoms with Crippen molar-refractivity contribution in [3.63, 3.8) is 0 Å². The molecule has 0 heterocycles. The fraction of sp³-hybridized carbons (Fsp3) is 1.00. The molecule has 0 nitrogen and oxygen atoms in total. The second-order valence-corrected chi connectivity index (χ2v) is 6.04. The molecule has 0 spiro atoms. The van der Waals surface area contributed by atoms with Gasteiger partial charge in [0.05, 0.1) is 0 Å². The van der Waals surface area contributed by atoms with Gasteiger partial charge in [-0.2, -0.15) is 0 Å². The van der Waals surface area contributed by atoms with E-state index in [0.717, 1.165) is 17.8 Å². The van der Waals surface area contributed by atoms with Crippen molar-refractivity contribution in [2.45, 2.75) is 60.3 Å². The Bertz CT molecular complexity index is 152. The first kappa shape index (κ1) is 11.1. The zero-order chi connectivity index (χ0) is 10.1. The van der Waals surface area contributed by atoms with Crippen LogP contribution >= 0.6 is 0 Å². The van der Waals surface area contributed by atoms with Gasteiger partial charge in [0.2, 0.25) is 0 Å². The van der Waals surface area contributed by atoms with Crippen LogP contribution in [0.5, 0.6) is 0 Å². The molecule has 0 aliphatic heterocycles. The molecule has 1 fully saturated rings. The maximum Gasteiger partial charge on any atom is -0.0337 e. The van der Waals surface area contributed by atoms with Gasteiger partial charge < -0.3 is 0 Å². The van der Waals surface area contributed by atoms with Crippen molar-refractivity contribution in [3.05, 3.63) is 0 Å². The fourth-order valence-corrected chi connectivity index (χ4v) is 2.99. The Kier molecular flexibility index (Phi) is 3.43. The van der Waals surface area contributed by atoms with Crippen LogP contribution < -0.4 is 0 Å². The van der Waals surface area contributed by atoms with Gasteiger partial charge in [0, 0.05) is 0 Å². The Balaban J connectivity index is 2.60. The van der Waals surface area contributed by atoms with Crippen LogP contribution in [-0.2, 0) is 0 Å². The summed E-state index contributed by atoms with van der Waals surface area (Å²) < 4.78 is 0. The van der Waals surface area contributed by atoms with E-state index in [-0.39, 0.29) is 0 Å². The van der Waals surface area contributed by atoms with Crippen molar-refractivity contribution in [2.75, 3.05) is 0 Å². The van der Waals surface area contributed by atoms with Crippen LogP contribution in [0.3, 0.4) is 0 Å². The summed E-state index contributed by atoms with van der Waals surface area (Å²) in [5.41, 5.74) is 0.521. The molecule has 1 aliphatic rings. The van der Waals surface area contributed by atoms with Gasteiger partial charge in [-0.15, -0.1) is 0 Å². The molecule has 0 aromatic heterocycles. The lowest BCUT2D eigenvalue weighted by molar-refractivity contribution is 0.0847. The standard InChI is InChI=1S/C13H26/c1-6-11-8-7-10(2)12(9-11)13(3,4)5/h10-12H,6-9H2,1-5H3. The van der Waals surface area contributed by atoms with Crippen LogP contribution in [0.4, 0.5) is 0 Å². The second-order valence-electron chi connectivity index (χ2n) is 6.04. The summed E-state index contributed by atoms with van der Waals surface area (Å²) in [7, 11) is 0. The van der Waals surface area contributed by atoms with E-state index in [1.54, 1.807) is 0 Å². The monoisotopic (exact) mass is 182 g/mol. The van der Waals surface area contributed by atoms with Gasteiger partial charge in [-0.05, 0) is 29.6 Å². The number of hydrogen-bond acceptors (Lipinski definition) is 0. The molecule has 1 rings (SSSR count). The lowest BCUT2D eigenvalue weighted by Crippen LogP contribution is -2.32. The van der Waals surface area contributed by atoms with Gasteiger partial charge in [-0.3, -0.25) is 0 Å². The summed E-state index contributed by atoms with van der Waals surface area (Å²) in [6.45, 7) is 12.0. The molecular weight excluding hydrogens is 156 g/mol. The predicted octanol–water partition coefficient (Wildman–Crippen LogP) is 4.49. The van der Waals surface area contributed by atoms with E-state index in [4.69, 9.17) is 0 Å². The average Bonchev–Trinajstić information content (AvgIpc) is 2.03. The molecule has 1 saturated carbocycles. The van der Waals surface area contributed by atoms with Crippen molar-refractivity contribution in [3.8, 4) is 0 Å². The minimum absolute atomic E-state index is 0.521. The van der Waals surface area contributed by atoms with E-state index >= 15 is 0 Å². The van der Waals surface area contributed by atoms with Crippen LogP contribution in [0.25, 0.3) is 0 Å². The molecule has 0 radical (unpaired) electrons. The van der Waals surface area contributed by atoms with E-state index in [0.29, 0.717) is 5.41 Å². The van der Waals surface area contributed by atoms with Gasteiger partial charge in [0.15, 0.2) is 0 Å². The molecule has 13 heavy (non-hydrogen) atoms. The van der Waals surface area contributed by atoms with Gasteiger partial charge in [-0.25, -0.2) is 0 Å². The third kappa shape index (κ3) is 2.72. The molecular formula is C13H26. The van der Waals surface area contributed by atoms with Crippen molar-refractivity contribution in [2.24, 2.45) is 23.2 Å². The largest absolute Gasteiger partial charge is 0.0651 e. The van der Waals surface area contributed by atoms with Gasteiger partial charge in [0.1, 0.15) is 0 Å². The molecule has 3 unspecified atom stereocenters. The Morgan fingerprint density at radius 3 is 2.23 bits per heavy atom. The Hall–Kier alpha value is 0. The first-order chi connectivity index (χ1) is 5.95. The normalized spacial score (nSPS) is 36.2. The SMILES string of the molecule is CCC1CCC(C)C(C(C)(C)C)C1. The predicted molar refractivity (Wildman–Crippen MR) is 59.7 cm³/mol. The Labute approximate surface area is 84.1 Å². The van der Waals surface area contributed by atoms with Crippen LogP contribution in [-0.4, -0.2) is 0 Å². The van der Waals surface area contributed by atoms with Crippen molar-refractivity contribution in [1.29, 1.82) is 0 Å². The van der Waals surface area contributed by atoms with Gasteiger partial charge in [-0.1, -0.05) is 53.9 Å². The minimum atomic E-state index is 0.521. The van der Waals surface area contributed by atoms with Crippen molar-refractivity contribution >= 4 is 0 Å². The van der Waals surface area contributed by atoms with Crippen LogP contribution in [0, 0.1) is 23.2 Å². The summed E-state index contributed by atoms with van der Waals surface area (Å²) >= 11 is 0. The molecule has 0 amide bonds. The van der Waals surface area contributed by atoms with E-state index in [9.17, 15) is 0 Å². The highest BCUT2D eigenvalue weighted by Gasteiger charge is 2.34. The second kappa shape index (κ2) is 4.02. The summed E-state index contributed by atoms with van der Waals surface area (Å²) in [5.74, 6) is 2.91. The third-order valence-electron chi connectivity index (χ3n) is 3.99. The molecule has 78 valence electrons. The molecule has 0 aromatic carbocycles. The summed E-state index contributed by atoms with van der Waals surface area (Å²) in [6.07, 6.45) is 5.80. The fourth-order valence-electron chi connectivity index (χ4n) is 2.99. The number of rotatable bonds is 1. The quantitative estimate of drug-likeness (QED) is 0.560. The smallest absolute Gasteiger partial charge is 0.0337 e. The summed E-state index contributed by atoms with van der Waals surface area (Å²) in [5, 5.41) is 0. The van der Waals surface area contributed by atoms with E-state index < -0.39 is 0 Å². The van der Waals surface area contributed by atoms with Crippen LogP contribution in [0.15, 0.2) is 0 Å². The lowest BCUT2D eigenvalue weighted by Gasteiger charge is -2.42. The third-order valence-corrected chi connectivity index (χ3v) is 3.99. The molecule has 1 aliphatic carbocycles. The topological polar surface area (TPSA) is 0 Å². The van der Waals surface area contributed by atoms with E-state index in [2.05, 4.69) is 34.6 Å². The molecule has 0 bridgehead atoms. The van der Waals surface area contributed by atoms with Crippen molar-refractivity contribution in [1.82, 2.24) is 0 Å². The highest BCUT2D eigenvalue weighted by Crippen LogP contribution is 2.44. The lowest BCUT2D eigenvalue weighted by atomic mass is 9.64. The molecule has 0 N–H and O–H groups in total. The van der Waals surface area contributed by atoms with Gasteiger partial charge >= 0.3 is 0 Å². The average molecular weight is 182 g/mol. The zero-order valence-electron chi connectivity index (χ0n) is 10.1. The Morgan fingerprint density at radius 1 is 1.15 bits per heavy atom. The van der Waals surface area contributed by atoms with E-state index in [1.165, 1.54) is 25.7 Å². The summed E-state index contributed by atoms with van der Waals surface area (Å²) in [6, 6.07) is 0. The first-order valence-corrected chi connectivity index (χ1v) is 5.95. The Morgan fingerprint density at radius 2 is 1.77 bits per heavy atom. The van der Waals surface area contributed by atoms with Crippen LogP contribution in [0.2, 0.25) is 0 Å². The minimum Gasteiger partial charge on any atom is -0.0651 e. The number of hydrogen-bond donors (Lipinski definition) is 0. The van der Waals surface area contributed by atoms with Crippen LogP contribution in [0.1, 0.15) is 60.3 Å². The summed E-state index contributed by atoms with van der Waals surface area (Å²) in [4.78, 5) is 0. The first-order valence-electron chi connectivity index (χ1n) is 5.95. The highest BCUT2D eigenvalue weighted by atomic mass is 14.4. The molecule has 3 atom stereocenters. The van der Waals surface area contributed by atoms with Crippen molar-refractivity contribution < 1.29 is 0 Å². The van der Waals surface area contributed by atoms with Gasteiger partial charge in [0.25, 0.3) is 0 Å². The maximum atomic E-state index is 2.45. The molecule has 0 heteroatoms. The zero-order valence-corrected chi connectivity index (χ0v) is 10.1.